The van der Waals surface area contributed by atoms with Crippen molar-refractivity contribution < 1.29 is 18.4 Å². The van der Waals surface area contributed by atoms with Gasteiger partial charge in [-0.3, -0.25) is 10.1 Å². The van der Waals surface area contributed by atoms with E-state index in [1.165, 1.54) is 12.1 Å². The highest BCUT2D eigenvalue weighted by molar-refractivity contribution is 7.89. The maximum absolute atomic E-state index is 12.6. The van der Waals surface area contributed by atoms with Crippen molar-refractivity contribution in [2.24, 2.45) is 0 Å². The summed E-state index contributed by atoms with van der Waals surface area (Å²) in [7, 11) is -3.94. The molecule has 0 unspecified atom stereocenters. The van der Waals surface area contributed by atoms with Gasteiger partial charge in [0.1, 0.15) is 0 Å². The summed E-state index contributed by atoms with van der Waals surface area (Å²) in [6.07, 6.45) is 1.40. The molecule has 0 heterocycles. The number of rotatable bonds is 7. The molecule has 0 saturated carbocycles. The van der Waals surface area contributed by atoms with Crippen LogP contribution < -0.4 is 0 Å². The summed E-state index contributed by atoms with van der Waals surface area (Å²) in [4.78, 5) is 10.2. The normalized spacial score (nSPS) is 11.6. The van der Waals surface area contributed by atoms with E-state index >= 15 is 0 Å². The lowest BCUT2D eigenvalue weighted by atomic mass is 10.1. The Bertz CT molecular complexity index is 655. The van der Waals surface area contributed by atoms with Crippen LogP contribution in [0.5, 0.6) is 0 Å². The lowest BCUT2D eigenvalue weighted by molar-refractivity contribution is -0.385. The Morgan fingerprint density at radius 3 is 2.52 bits per heavy atom. The molecule has 0 spiro atoms. The molecular formula is C13H18N2O5S. The third kappa shape index (κ3) is 3.66. The highest BCUT2D eigenvalue weighted by Gasteiger charge is 2.27. The Hall–Kier alpha value is -1.77. The van der Waals surface area contributed by atoms with E-state index in [4.69, 9.17) is 5.11 Å². The molecule has 0 aliphatic rings. The summed E-state index contributed by atoms with van der Waals surface area (Å²) >= 11 is 0. The molecule has 1 aromatic rings. The van der Waals surface area contributed by atoms with Crippen LogP contribution in [0, 0.1) is 24.0 Å². The molecule has 0 bridgehead atoms. The van der Waals surface area contributed by atoms with Gasteiger partial charge in [0, 0.05) is 25.2 Å². The average molecular weight is 314 g/mol. The van der Waals surface area contributed by atoms with Gasteiger partial charge in [-0.05, 0) is 25.0 Å². The summed E-state index contributed by atoms with van der Waals surface area (Å²) in [5, 5.41) is 19.9. The van der Waals surface area contributed by atoms with E-state index in [0.717, 1.165) is 10.4 Å². The largest absolute Gasteiger partial charge is 0.395 e. The number of hydrogen-bond donors (Lipinski definition) is 1. The number of nitro groups is 1. The van der Waals surface area contributed by atoms with Crippen molar-refractivity contribution in [2.75, 3.05) is 19.7 Å². The molecule has 0 amide bonds. The monoisotopic (exact) mass is 314 g/mol. The van der Waals surface area contributed by atoms with E-state index in [1.54, 1.807) is 13.8 Å². The average Bonchev–Trinajstić information content (AvgIpc) is 2.40. The smallest absolute Gasteiger partial charge is 0.271 e. The molecule has 0 radical (unpaired) electrons. The van der Waals surface area contributed by atoms with Crippen molar-refractivity contribution in [3.63, 3.8) is 0 Å². The van der Waals surface area contributed by atoms with E-state index in [2.05, 4.69) is 6.58 Å². The van der Waals surface area contributed by atoms with E-state index in [-0.39, 0.29) is 30.3 Å². The van der Waals surface area contributed by atoms with Crippen molar-refractivity contribution in [2.45, 2.75) is 18.7 Å². The number of sulfonamides is 1. The number of benzene rings is 1. The first kappa shape index (κ1) is 17.3. The molecule has 8 heteroatoms. The number of hydrogen-bond acceptors (Lipinski definition) is 5. The quantitative estimate of drug-likeness (QED) is 0.465. The molecule has 0 saturated heterocycles. The molecule has 0 aliphatic heterocycles. The Kier molecular flexibility index (Phi) is 5.59. The molecule has 116 valence electrons. The Morgan fingerprint density at radius 2 is 2.05 bits per heavy atom. The van der Waals surface area contributed by atoms with Crippen molar-refractivity contribution in [3.8, 4) is 0 Å². The summed E-state index contributed by atoms with van der Waals surface area (Å²) in [6.45, 7) is 6.26. The maximum atomic E-state index is 12.6. The molecule has 0 aliphatic carbocycles. The number of aliphatic hydroxyl groups is 1. The zero-order chi connectivity index (χ0) is 16.2. The van der Waals surface area contributed by atoms with Crippen LogP contribution in [0.1, 0.15) is 11.1 Å². The second-order valence-corrected chi connectivity index (χ2v) is 6.42. The summed E-state index contributed by atoms with van der Waals surface area (Å²) in [6, 6.07) is 2.38. The van der Waals surface area contributed by atoms with Gasteiger partial charge < -0.3 is 5.11 Å². The Balaban J connectivity index is 3.48. The zero-order valence-corrected chi connectivity index (χ0v) is 12.8. The van der Waals surface area contributed by atoms with E-state index in [9.17, 15) is 18.5 Å². The minimum Gasteiger partial charge on any atom is -0.395 e. The summed E-state index contributed by atoms with van der Waals surface area (Å²) in [5.74, 6) is 0. The van der Waals surface area contributed by atoms with Crippen LogP contribution in [0.4, 0.5) is 5.69 Å². The van der Waals surface area contributed by atoms with Crippen LogP contribution in [0.15, 0.2) is 29.7 Å². The minimum atomic E-state index is -3.94. The van der Waals surface area contributed by atoms with Crippen LogP contribution in [0.3, 0.4) is 0 Å². The van der Waals surface area contributed by atoms with Gasteiger partial charge in [-0.25, -0.2) is 8.42 Å². The zero-order valence-electron chi connectivity index (χ0n) is 11.9. The summed E-state index contributed by atoms with van der Waals surface area (Å²) in [5.41, 5.74) is 0.692. The van der Waals surface area contributed by atoms with Crippen molar-refractivity contribution in [1.82, 2.24) is 4.31 Å². The summed E-state index contributed by atoms with van der Waals surface area (Å²) < 4.78 is 26.2. The molecule has 1 rings (SSSR count). The Morgan fingerprint density at radius 1 is 1.43 bits per heavy atom. The first-order valence-electron chi connectivity index (χ1n) is 6.23. The molecule has 1 aromatic carbocycles. The van der Waals surface area contributed by atoms with E-state index < -0.39 is 14.9 Å². The third-order valence-corrected chi connectivity index (χ3v) is 5.11. The van der Waals surface area contributed by atoms with Gasteiger partial charge in [0.25, 0.3) is 5.69 Å². The predicted octanol–water partition coefficient (Wildman–Crippen LogP) is 1.38. The van der Waals surface area contributed by atoms with Gasteiger partial charge in [0.2, 0.25) is 10.0 Å². The van der Waals surface area contributed by atoms with Crippen molar-refractivity contribution in [1.29, 1.82) is 0 Å². The highest BCUT2D eigenvalue weighted by Crippen LogP contribution is 2.27. The van der Waals surface area contributed by atoms with Crippen molar-refractivity contribution >= 4 is 15.7 Å². The van der Waals surface area contributed by atoms with E-state index in [1.807, 2.05) is 0 Å². The van der Waals surface area contributed by atoms with Crippen molar-refractivity contribution in [3.05, 3.63) is 46.0 Å². The second-order valence-electron chi connectivity index (χ2n) is 4.52. The van der Waals surface area contributed by atoms with Gasteiger partial charge in [0.05, 0.1) is 16.4 Å². The SMILES string of the molecule is C=CCN(CCO)S(=O)(=O)c1cc([N+](=O)[O-])cc(C)c1C. The molecule has 7 nitrogen and oxygen atoms in total. The highest BCUT2D eigenvalue weighted by atomic mass is 32.2. The van der Waals surface area contributed by atoms with Gasteiger partial charge in [-0.15, -0.1) is 6.58 Å². The Labute approximate surface area is 123 Å². The fourth-order valence-corrected chi connectivity index (χ4v) is 3.61. The minimum absolute atomic E-state index is 0.0179. The number of nitrogens with zero attached hydrogens (tertiary/aromatic N) is 2. The molecule has 1 N–H and O–H groups in total. The number of aryl methyl sites for hydroxylation is 1. The van der Waals surface area contributed by atoms with Crippen LogP contribution >= 0.6 is 0 Å². The van der Waals surface area contributed by atoms with E-state index in [0.29, 0.717) is 11.1 Å². The van der Waals surface area contributed by atoms with Gasteiger partial charge in [0.15, 0.2) is 0 Å². The standard InChI is InChI=1S/C13H18N2O5S/c1-4-5-14(6-7-16)21(19,20)13-9-12(15(17)18)8-10(2)11(13)3/h4,8-9,16H,1,5-7H2,2-3H3. The van der Waals surface area contributed by atoms with Gasteiger partial charge in [-0.1, -0.05) is 6.08 Å². The number of nitro benzene ring substituents is 1. The second kappa shape index (κ2) is 6.79. The number of aliphatic hydroxyl groups excluding tert-OH is 1. The first-order valence-corrected chi connectivity index (χ1v) is 7.67. The van der Waals surface area contributed by atoms with Gasteiger partial charge in [-0.2, -0.15) is 4.31 Å². The lowest BCUT2D eigenvalue weighted by Gasteiger charge is -2.21. The fraction of sp³-hybridized carbons (Fsp3) is 0.385. The molecule has 0 atom stereocenters. The molecule has 21 heavy (non-hydrogen) atoms. The van der Waals surface area contributed by atoms with Crippen LogP contribution in [-0.2, 0) is 10.0 Å². The van der Waals surface area contributed by atoms with Gasteiger partial charge >= 0.3 is 0 Å². The third-order valence-electron chi connectivity index (χ3n) is 3.12. The molecule has 0 aromatic heterocycles. The topological polar surface area (TPSA) is 101 Å². The molecule has 0 fully saturated rings. The van der Waals surface area contributed by atoms with Crippen LogP contribution in [-0.4, -0.2) is 42.4 Å². The van der Waals surface area contributed by atoms with Crippen LogP contribution in [0.25, 0.3) is 0 Å². The predicted molar refractivity (Wildman–Crippen MR) is 78.6 cm³/mol. The fourth-order valence-electron chi connectivity index (χ4n) is 1.89. The maximum Gasteiger partial charge on any atom is 0.271 e. The number of non-ortho nitro benzene ring substituents is 1. The lowest BCUT2D eigenvalue weighted by Crippen LogP contribution is -2.34. The first-order chi connectivity index (χ1) is 9.75. The molecular weight excluding hydrogens is 296 g/mol. The van der Waals surface area contributed by atoms with Crippen LogP contribution in [0.2, 0.25) is 0 Å².